The number of fused-ring (bicyclic) bond motifs is 2. The molecule has 1 aliphatic heterocycles. The quantitative estimate of drug-likeness (QED) is 0.902. The summed E-state index contributed by atoms with van der Waals surface area (Å²) in [5.74, 6) is 0.425. The molecule has 2 aromatic rings. The van der Waals surface area contributed by atoms with Gasteiger partial charge in [0.1, 0.15) is 5.69 Å². The molecule has 1 saturated heterocycles. The van der Waals surface area contributed by atoms with Crippen LogP contribution in [0.15, 0.2) is 48.2 Å². The summed E-state index contributed by atoms with van der Waals surface area (Å²) in [5, 5.41) is 3.84. The van der Waals surface area contributed by atoms with Gasteiger partial charge < -0.3 is 10.2 Å². The number of allylic oxidation sites excluding steroid dienone is 2. The van der Waals surface area contributed by atoms with Crippen molar-refractivity contribution in [2.24, 2.45) is 5.92 Å². The fourth-order valence-electron chi connectivity index (χ4n) is 4.15. The lowest BCUT2D eigenvalue weighted by Crippen LogP contribution is -2.40. The summed E-state index contributed by atoms with van der Waals surface area (Å²) in [6.07, 6.45) is 8.32. The third-order valence-electron chi connectivity index (χ3n) is 5.53. The molecule has 1 aliphatic carbocycles. The molecular formula is C22H25N3O2. The van der Waals surface area contributed by atoms with Crippen LogP contribution in [0.5, 0.6) is 0 Å². The predicted octanol–water partition coefficient (Wildman–Crippen LogP) is 3.66. The molecule has 1 aromatic heterocycles. The van der Waals surface area contributed by atoms with Crippen LogP contribution in [0.3, 0.4) is 0 Å². The summed E-state index contributed by atoms with van der Waals surface area (Å²) in [6, 6.07) is 11.3. The topological polar surface area (TPSA) is 62.3 Å². The predicted molar refractivity (Wildman–Crippen MR) is 105 cm³/mol. The second-order valence-corrected chi connectivity index (χ2v) is 7.34. The molecule has 140 valence electrons. The van der Waals surface area contributed by atoms with Crippen molar-refractivity contribution in [3.05, 3.63) is 53.9 Å². The average molecular weight is 363 g/mol. The number of aromatic nitrogens is 1. The third-order valence-corrected chi connectivity index (χ3v) is 5.53. The summed E-state index contributed by atoms with van der Waals surface area (Å²) in [7, 11) is 0. The number of nitrogens with zero attached hydrogens (tertiary/aromatic N) is 2. The first kappa shape index (κ1) is 17.7. The maximum absolute atomic E-state index is 12.7. The molecule has 0 spiro atoms. The summed E-state index contributed by atoms with van der Waals surface area (Å²) in [6.45, 7) is 1.14. The van der Waals surface area contributed by atoms with Gasteiger partial charge in [-0.25, -0.2) is 4.98 Å². The van der Waals surface area contributed by atoms with Crippen molar-refractivity contribution in [3.8, 4) is 0 Å². The van der Waals surface area contributed by atoms with E-state index in [9.17, 15) is 9.59 Å². The molecule has 1 aromatic carbocycles. The van der Waals surface area contributed by atoms with Crippen molar-refractivity contribution in [3.63, 3.8) is 0 Å². The highest BCUT2D eigenvalue weighted by atomic mass is 16.2. The van der Waals surface area contributed by atoms with Crippen LogP contribution in [-0.4, -0.2) is 34.8 Å². The smallest absolute Gasteiger partial charge is 0.269 e. The van der Waals surface area contributed by atoms with Gasteiger partial charge in [-0.1, -0.05) is 30.3 Å². The Hall–Kier alpha value is -2.69. The molecule has 5 nitrogen and oxygen atoms in total. The highest BCUT2D eigenvalue weighted by Crippen LogP contribution is 2.35. The Kier molecular flexibility index (Phi) is 5.19. The van der Waals surface area contributed by atoms with E-state index in [4.69, 9.17) is 0 Å². The highest BCUT2D eigenvalue weighted by Gasteiger charge is 2.29. The van der Waals surface area contributed by atoms with Crippen LogP contribution in [0.25, 0.3) is 10.9 Å². The van der Waals surface area contributed by atoms with Crippen LogP contribution in [0.1, 0.15) is 49.0 Å². The van der Waals surface area contributed by atoms with Gasteiger partial charge >= 0.3 is 0 Å². The van der Waals surface area contributed by atoms with Gasteiger partial charge in [-0.2, -0.15) is 0 Å². The van der Waals surface area contributed by atoms with Gasteiger partial charge in [0.05, 0.1) is 5.52 Å². The van der Waals surface area contributed by atoms with Crippen LogP contribution in [0.2, 0.25) is 0 Å². The van der Waals surface area contributed by atoms with Crippen LogP contribution in [0, 0.1) is 5.92 Å². The van der Waals surface area contributed by atoms with Crippen LogP contribution >= 0.6 is 0 Å². The van der Waals surface area contributed by atoms with Crippen LogP contribution < -0.4 is 5.32 Å². The van der Waals surface area contributed by atoms with Gasteiger partial charge in [-0.05, 0) is 50.2 Å². The second-order valence-electron chi connectivity index (χ2n) is 7.34. The van der Waals surface area contributed by atoms with E-state index in [0.717, 1.165) is 30.3 Å². The van der Waals surface area contributed by atoms with Crippen molar-refractivity contribution >= 4 is 22.7 Å². The Labute approximate surface area is 159 Å². The largest absolute Gasteiger partial charge is 0.350 e. The van der Waals surface area contributed by atoms with E-state index < -0.39 is 0 Å². The maximum atomic E-state index is 12.7. The number of likely N-dealkylation sites (tertiary alicyclic amines) is 1. The van der Waals surface area contributed by atoms with Crippen molar-refractivity contribution in [2.75, 3.05) is 13.1 Å². The number of carbonyl (C=O) groups is 2. The number of rotatable bonds is 4. The zero-order valence-corrected chi connectivity index (χ0v) is 15.5. The van der Waals surface area contributed by atoms with E-state index in [2.05, 4.69) is 16.4 Å². The summed E-state index contributed by atoms with van der Waals surface area (Å²) in [5.41, 5.74) is 2.40. The number of amides is 2. The van der Waals surface area contributed by atoms with Gasteiger partial charge in [0.15, 0.2) is 0 Å². The second kappa shape index (κ2) is 7.91. The zero-order valence-electron chi connectivity index (χ0n) is 15.5. The molecule has 0 saturated carbocycles. The van der Waals surface area contributed by atoms with E-state index in [0.29, 0.717) is 24.6 Å². The molecule has 0 bridgehead atoms. The number of piperidine rings is 1. The average Bonchev–Trinajstić information content (AvgIpc) is 2.72. The Morgan fingerprint density at radius 2 is 1.96 bits per heavy atom. The zero-order chi connectivity index (χ0) is 18.6. The minimum atomic E-state index is -0.234. The lowest BCUT2D eigenvalue weighted by Gasteiger charge is -2.38. The number of benzene rings is 1. The van der Waals surface area contributed by atoms with Crippen molar-refractivity contribution in [1.82, 2.24) is 15.2 Å². The molecule has 1 fully saturated rings. The van der Waals surface area contributed by atoms with Gasteiger partial charge in [0.2, 0.25) is 5.91 Å². The molecule has 1 atom stereocenters. The van der Waals surface area contributed by atoms with Gasteiger partial charge in [-0.3, -0.25) is 9.59 Å². The lowest BCUT2D eigenvalue weighted by molar-refractivity contribution is -0.130. The Bertz CT molecular complexity index is 890. The van der Waals surface area contributed by atoms with Crippen molar-refractivity contribution < 1.29 is 9.59 Å². The van der Waals surface area contributed by atoms with Gasteiger partial charge in [-0.15, -0.1) is 0 Å². The first-order chi connectivity index (χ1) is 13.2. The summed E-state index contributed by atoms with van der Waals surface area (Å²) >= 11 is 0. The van der Waals surface area contributed by atoms with Crippen LogP contribution in [0.4, 0.5) is 0 Å². The molecule has 0 radical (unpaired) electrons. The number of carbonyl (C=O) groups excluding carboxylic acids is 2. The minimum absolute atomic E-state index is 0.111. The molecule has 5 heteroatoms. The maximum Gasteiger partial charge on any atom is 0.269 e. The SMILES string of the molecule is O=C(NCCC(=O)N1CCCC2CCCC=C21)c1ccc2ccccc2n1. The molecule has 2 heterocycles. The van der Waals surface area contributed by atoms with E-state index >= 15 is 0 Å². The Balaban J connectivity index is 1.33. The Morgan fingerprint density at radius 1 is 1.11 bits per heavy atom. The molecular weight excluding hydrogens is 338 g/mol. The Morgan fingerprint density at radius 3 is 2.89 bits per heavy atom. The number of nitrogens with one attached hydrogen (secondary N) is 1. The first-order valence-electron chi connectivity index (χ1n) is 9.87. The summed E-state index contributed by atoms with van der Waals surface area (Å²) < 4.78 is 0. The normalized spacial score (nSPS) is 19.3. The molecule has 2 aliphatic rings. The van der Waals surface area contributed by atoms with Crippen LogP contribution in [-0.2, 0) is 4.79 Å². The van der Waals surface area contributed by atoms with Gasteiger partial charge in [0, 0.05) is 30.6 Å². The lowest BCUT2D eigenvalue weighted by atomic mass is 9.85. The third kappa shape index (κ3) is 3.87. The van der Waals surface area contributed by atoms with E-state index in [-0.39, 0.29) is 11.8 Å². The van der Waals surface area contributed by atoms with Crippen molar-refractivity contribution in [2.45, 2.75) is 38.5 Å². The molecule has 2 amide bonds. The number of para-hydroxylation sites is 1. The van der Waals surface area contributed by atoms with E-state index in [1.807, 2.05) is 35.2 Å². The van der Waals surface area contributed by atoms with E-state index in [1.165, 1.54) is 25.0 Å². The number of pyridine rings is 1. The number of hydrogen-bond acceptors (Lipinski definition) is 3. The van der Waals surface area contributed by atoms with E-state index in [1.54, 1.807) is 6.07 Å². The fourth-order valence-corrected chi connectivity index (χ4v) is 4.15. The minimum Gasteiger partial charge on any atom is -0.350 e. The summed E-state index contributed by atoms with van der Waals surface area (Å²) in [4.78, 5) is 31.4. The molecule has 4 rings (SSSR count). The fraction of sp³-hybridized carbons (Fsp3) is 0.409. The van der Waals surface area contributed by atoms with Gasteiger partial charge in [0.25, 0.3) is 5.91 Å². The molecule has 1 N–H and O–H groups in total. The number of hydrogen-bond donors (Lipinski definition) is 1. The standard InChI is InChI=1S/C22H25N3O2/c26-21(25-15-5-8-17-7-2-4-10-20(17)25)13-14-23-22(27)19-12-11-16-6-1-3-9-18(16)24-19/h1,3,6,9-12,17H,2,4-5,7-8,13-15H2,(H,23,27). The monoisotopic (exact) mass is 363 g/mol. The molecule has 27 heavy (non-hydrogen) atoms. The van der Waals surface area contributed by atoms with Crippen molar-refractivity contribution in [1.29, 1.82) is 0 Å². The highest BCUT2D eigenvalue weighted by molar-refractivity contribution is 5.95. The first-order valence-corrected chi connectivity index (χ1v) is 9.87. The molecule has 1 unspecified atom stereocenters.